The molecule has 0 aromatic carbocycles. The van der Waals surface area contributed by atoms with Gasteiger partial charge in [0, 0.05) is 17.6 Å². The van der Waals surface area contributed by atoms with E-state index in [9.17, 15) is 4.79 Å². The zero-order valence-corrected chi connectivity index (χ0v) is 10.7. The van der Waals surface area contributed by atoms with Crippen LogP contribution in [0, 0.1) is 6.92 Å². The molecule has 2 rings (SSSR count). The molecule has 3 nitrogen and oxygen atoms in total. The summed E-state index contributed by atoms with van der Waals surface area (Å²) in [6, 6.07) is 5.71. The van der Waals surface area contributed by atoms with E-state index in [1.807, 2.05) is 42.9 Å². The minimum Gasteiger partial charge on any atom is -0.288 e. The second kappa shape index (κ2) is 5.10. The molecular formula is C13H14N2OS. The van der Waals surface area contributed by atoms with Crippen molar-refractivity contribution in [2.75, 3.05) is 0 Å². The van der Waals surface area contributed by atoms with Crippen molar-refractivity contribution in [2.45, 2.75) is 20.4 Å². The van der Waals surface area contributed by atoms with Crippen LogP contribution in [0.3, 0.4) is 0 Å². The third-order valence-electron chi connectivity index (χ3n) is 2.37. The summed E-state index contributed by atoms with van der Waals surface area (Å²) in [5, 5.41) is 4.28. The van der Waals surface area contributed by atoms with Gasteiger partial charge in [0.1, 0.15) is 0 Å². The SMILES string of the molecule is CCn1ccc(/C=C/C(=O)c2ccc(C)s2)n1. The molecule has 0 amide bonds. The Kier molecular flexibility index (Phi) is 3.54. The van der Waals surface area contributed by atoms with Gasteiger partial charge in [-0.3, -0.25) is 9.48 Å². The van der Waals surface area contributed by atoms with E-state index in [0.29, 0.717) is 0 Å². The van der Waals surface area contributed by atoms with Crippen molar-refractivity contribution in [3.8, 4) is 0 Å². The Morgan fingerprint density at radius 1 is 1.47 bits per heavy atom. The molecule has 2 aromatic heterocycles. The molecule has 17 heavy (non-hydrogen) atoms. The number of hydrogen-bond donors (Lipinski definition) is 0. The molecule has 0 saturated heterocycles. The third kappa shape index (κ3) is 2.91. The minimum absolute atomic E-state index is 0.0362. The van der Waals surface area contributed by atoms with E-state index in [1.165, 1.54) is 11.3 Å². The summed E-state index contributed by atoms with van der Waals surface area (Å²) in [5.41, 5.74) is 0.813. The second-order valence-electron chi connectivity index (χ2n) is 3.70. The van der Waals surface area contributed by atoms with Gasteiger partial charge >= 0.3 is 0 Å². The second-order valence-corrected chi connectivity index (χ2v) is 4.99. The fraction of sp³-hybridized carbons (Fsp3) is 0.231. The van der Waals surface area contributed by atoms with Crippen molar-refractivity contribution in [1.82, 2.24) is 9.78 Å². The first-order chi connectivity index (χ1) is 8.19. The van der Waals surface area contributed by atoms with E-state index in [1.54, 1.807) is 12.2 Å². The van der Waals surface area contributed by atoms with Gasteiger partial charge in [0.2, 0.25) is 0 Å². The molecule has 0 bridgehead atoms. The van der Waals surface area contributed by atoms with Crippen LogP contribution < -0.4 is 0 Å². The van der Waals surface area contributed by atoms with Gasteiger partial charge in [0.15, 0.2) is 5.78 Å². The summed E-state index contributed by atoms with van der Waals surface area (Å²) in [6.45, 7) is 4.86. The molecule has 0 fully saturated rings. The summed E-state index contributed by atoms with van der Waals surface area (Å²) in [6.07, 6.45) is 5.23. The molecule has 88 valence electrons. The highest BCUT2D eigenvalue weighted by atomic mass is 32.1. The van der Waals surface area contributed by atoms with Crippen molar-refractivity contribution in [2.24, 2.45) is 0 Å². The molecule has 0 N–H and O–H groups in total. The Hall–Kier alpha value is -1.68. The first-order valence-electron chi connectivity index (χ1n) is 5.51. The Balaban J connectivity index is 2.08. The van der Waals surface area contributed by atoms with Crippen LogP contribution in [0.5, 0.6) is 0 Å². The lowest BCUT2D eigenvalue weighted by Crippen LogP contribution is -1.94. The van der Waals surface area contributed by atoms with E-state index in [4.69, 9.17) is 0 Å². The molecule has 0 aliphatic heterocycles. The first-order valence-corrected chi connectivity index (χ1v) is 6.33. The van der Waals surface area contributed by atoms with Crippen LogP contribution in [-0.2, 0) is 6.54 Å². The Morgan fingerprint density at radius 3 is 2.88 bits per heavy atom. The lowest BCUT2D eigenvalue weighted by atomic mass is 10.2. The number of allylic oxidation sites excluding steroid dienone is 1. The Morgan fingerprint density at radius 2 is 2.29 bits per heavy atom. The molecule has 0 radical (unpaired) electrons. The van der Waals surface area contributed by atoms with Crippen LogP contribution >= 0.6 is 11.3 Å². The number of carbonyl (C=O) groups is 1. The molecule has 0 saturated carbocycles. The number of rotatable bonds is 4. The van der Waals surface area contributed by atoms with Crippen LogP contribution in [0.25, 0.3) is 6.08 Å². The fourth-order valence-corrected chi connectivity index (χ4v) is 2.24. The number of aryl methyl sites for hydroxylation is 2. The maximum absolute atomic E-state index is 11.8. The average Bonchev–Trinajstić information content (AvgIpc) is 2.94. The monoisotopic (exact) mass is 246 g/mol. The number of aromatic nitrogens is 2. The average molecular weight is 246 g/mol. The van der Waals surface area contributed by atoms with E-state index in [-0.39, 0.29) is 5.78 Å². The van der Waals surface area contributed by atoms with Gasteiger partial charge in [0.25, 0.3) is 0 Å². The van der Waals surface area contributed by atoms with Crippen LogP contribution in [0.2, 0.25) is 0 Å². The van der Waals surface area contributed by atoms with Crippen molar-refractivity contribution in [3.63, 3.8) is 0 Å². The van der Waals surface area contributed by atoms with Crippen LogP contribution in [0.15, 0.2) is 30.5 Å². The topological polar surface area (TPSA) is 34.9 Å². The van der Waals surface area contributed by atoms with Crippen LogP contribution in [-0.4, -0.2) is 15.6 Å². The van der Waals surface area contributed by atoms with E-state index < -0.39 is 0 Å². The van der Waals surface area contributed by atoms with Crippen LogP contribution in [0.1, 0.15) is 27.2 Å². The van der Waals surface area contributed by atoms with E-state index in [0.717, 1.165) is 22.0 Å². The fourth-order valence-electron chi connectivity index (χ4n) is 1.45. The zero-order valence-electron chi connectivity index (χ0n) is 9.88. The highest BCUT2D eigenvalue weighted by Crippen LogP contribution is 2.16. The minimum atomic E-state index is 0.0362. The van der Waals surface area contributed by atoms with Gasteiger partial charge < -0.3 is 0 Å². The number of carbonyl (C=O) groups excluding carboxylic acids is 1. The van der Waals surface area contributed by atoms with Crippen molar-refractivity contribution < 1.29 is 4.79 Å². The number of hydrogen-bond acceptors (Lipinski definition) is 3. The lowest BCUT2D eigenvalue weighted by molar-refractivity contribution is 0.105. The molecule has 0 atom stereocenters. The van der Waals surface area contributed by atoms with Gasteiger partial charge in [-0.25, -0.2) is 0 Å². The standard InChI is InChI=1S/C13H14N2OS/c1-3-15-9-8-11(14-15)5-6-12(16)13-7-4-10(2)17-13/h4-9H,3H2,1-2H3/b6-5+. The number of thiophene rings is 1. The molecule has 4 heteroatoms. The van der Waals surface area contributed by atoms with Crippen molar-refractivity contribution in [3.05, 3.63) is 45.9 Å². The smallest absolute Gasteiger partial charge is 0.195 e. The highest BCUT2D eigenvalue weighted by Gasteiger charge is 2.04. The number of nitrogens with zero attached hydrogens (tertiary/aromatic N) is 2. The summed E-state index contributed by atoms with van der Waals surface area (Å²) >= 11 is 1.51. The first kappa shape index (κ1) is 11.8. The third-order valence-corrected chi connectivity index (χ3v) is 3.39. The predicted molar refractivity (Wildman–Crippen MR) is 70.3 cm³/mol. The summed E-state index contributed by atoms with van der Waals surface area (Å²) in [5.74, 6) is 0.0362. The van der Waals surface area contributed by atoms with Gasteiger partial charge in [-0.2, -0.15) is 5.10 Å². The van der Waals surface area contributed by atoms with Gasteiger partial charge in [0.05, 0.1) is 10.6 Å². The summed E-state index contributed by atoms with van der Waals surface area (Å²) in [4.78, 5) is 13.7. The molecule has 2 heterocycles. The highest BCUT2D eigenvalue weighted by molar-refractivity contribution is 7.14. The number of ketones is 1. The molecular weight excluding hydrogens is 232 g/mol. The zero-order chi connectivity index (χ0) is 12.3. The van der Waals surface area contributed by atoms with Crippen molar-refractivity contribution in [1.29, 1.82) is 0 Å². The summed E-state index contributed by atoms with van der Waals surface area (Å²) < 4.78 is 1.83. The predicted octanol–water partition coefficient (Wildman–Crippen LogP) is 3.17. The quantitative estimate of drug-likeness (QED) is 0.613. The van der Waals surface area contributed by atoms with E-state index >= 15 is 0 Å². The Labute approximate surface area is 104 Å². The Bertz CT molecular complexity index is 551. The normalized spacial score (nSPS) is 11.2. The molecule has 0 aliphatic rings. The largest absolute Gasteiger partial charge is 0.288 e. The van der Waals surface area contributed by atoms with Gasteiger partial charge in [-0.1, -0.05) is 0 Å². The van der Waals surface area contributed by atoms with Gasteiger partial charge in [-0.05, 0) is 44.2 Å². The van der Waals surface area contributed by atoms with Crippen LogP contribution in [0.4, 0.5) is 0 Å². The van der Waals surface area contributed by atoms with Gasteiger partial charge in [-0.15, -0.1) is 11.3 Å². The molecule has 0 aliphatic carbocycles. The molecule has 0 spiro atoms. The van der Waals surface area contributed by atoms with Crippen molar-refractivity contribution >= 4 is 23.2 Å². The maximum atomic E-state index is 11.8. The maximum Gasteiger partial charge on any atom is 0.195 e. The lowest BCUT2D eigenvalue weighted by Gasteiger charge is -1.90. The van der Waals surface area contributed by atoms with E-state index in [2.05, 4.69) is 5.10 Å². The molecule has 0 unspecified atom stereocenters. The molecule has 2 aromatic rings. The summed E-state index contributed by atoms with van der Waals surface area (Å²) in [7, 11) is 0.